The normalized spacial score (nSPS) is 18.4. The minimum absolute atomic E-state index is 0.0397. The Morgan fingerprint density at radius 2 is 2.14 bits per heavy atom. The van der Waals surface area contributed by atoms with Gasteiger partial charge in [0.15, 0.2) is 5.03 Å². The fraction of sp³-hybridized carbons (Fsp3) is 0.500. The molecule has 0 spiro atoms. The molecule has 1 aliphatic rings. The van der Waals surface area contributed by atoms with Crippen LogP contribution >= 0.6 is 0 Å². The Morgan fingerprint density at radius 3 is 2.82 bits per heavy atom. The van der Waals surface area contributed by atoms with Gasteiger partial charge in [0.1, 0.15) is 0 Å². The largest absolute Gasteiger partial charge is 0.334 e. The van der Waals surface area contributed by atoms with Crippen molar-refractivity contribution < 1.29 is 13.2 Å². The van der Waals surface area contributed by atoms with Crippen LogP contribution in [0.4, 0.5) is 5.69 Å². The van der Waals surface area contributed by atoms with E-state index in [-0.39, 0.29) is 29.4 Å². The summed E-state index contributed by atoms with van der Waals surface area (Å²) in [6, 6.07) is 7.87. The van der Waals surface area contributed by atoms with Crippen LogP contribution in [0, 0.1) is 5.92 Å². The van der Waals surface area contributed by atoms with Crippen molar-refractivity contribution in [1.29, 1.82) is 0 Å². The number of piperidine rings is 1. The Hall–Kier alpha value is -2.19. The first kappa shape index (κ1) is 20.5. The first-order valence-electron chi connectivity index (χ1n) is 9.74. The lowest BCUT2D eigenvalue weighted by molar-refractivity contribution is -0.120. The van der Waals surface area contributed by atoms with E-state index in [1.54, 1.807) is 10.8 Å². The van der Waals surface area contributed by atoms with E-state index in [0.717, 1.165) is 17.7 Å². The third-order valence-corrected chi connectivity index (χ3v) is 6.89. The molecule has 152 valence electrons. The number of anilines is 1. The number of hydrogen-bond donors (Lipinski definition) is 1. The maximum Gasteiger partial charge on any atom is 0.262 e. The number of imidazole rings is 1. The number of amides is 1. The summed E-state index contributed by atoms with van der Waals surface area (Å²) in [5.41, 5.74) is 1.89. The lowest BCUT2D eigenvalue weighted by Gasteiger charge is -2.30. The second-order valence-electron chi connectivity index (χ2n) is 7.50. The average Bonchev–Trinajstić information content (AvgIpc) is 3.20. The molecule has 1 aromatic carbocycles. The quantitative estimate of drug-likeness (QED) is 0.802. The standard InChI is InChI=1S/C20H28N4O3S/c1-4-16-7-5-9-18(11-16)22-20(25)17-8-6-10-24(12-17)28(26,27)19-13-23(14-21-19)15(2)3/h5,7,9,11,13-15,17H,4,6,8,10,12H2,1-3H3,(H,22,25)/t17-/m0/s1. The number of carbonyl (C=O) groups excluding carboxylic acids is 1. The van der Waals surface area contributed by atoms with Gasteiger partial charge in [-0.2, -0.15) is 4.31 Å². The summed E-state index contributed by atoms with van der Waals surface area (Å²) in [6.45, 7) is 6.58. The molecule has 1 N–H and O–H groups in total. The zero-order valence-corrected chi connectivity index (χ0v) is 17.4. The Morgan fingerprint density at radius 1 is 1.36 bits per heavy atom. The Kier molecular flexibility index (Phi) is 6.20. The third kappa shape index (κ3) is 4.44. The summed E-state index contributed by atoms with van der Waals surface area (Å²) in [5.74, 6) is -0.512. The molecule has 1 aliphatic heterocycles. The molecule has 0 unspecified atom stereocenters. The number of sulfonamides is 1. The molecule has 28 heavy (non-hydrogen) atoms. The number of nitrogens with one attached hydrogen (secondary N) is 1. The number of hydrogen-bond acceptors (Lipinski definition) is 4. The van der Waals surface area contributed by atoms with E-state index < -0.39 is 10.0 Å². The van der Waals surface area contributed by atoms with Gasteiger partial charge in [0, 0.05) is 31.0 Å². The predicted molar refractivity (Wildman–Crippen MR) is 109 cm³/mol. The van der Waals surface area contributed by atoms with Crippen LogP contribution in [0.15, 0.2) is 41.8 Å². The van der Waals surface area contributed by atoms with Crippen LogP contribution in [-0.2, 0) is 21.2 Å². The molecule has 0 bridgehead atoms. The highest BCUT2D eigenvalue weighted by atomic mass is 32.2. The van der Waals surface area contributed by atoms with Crippen molar-refractivity contribution in [3.63, 3.8) is 0 Å². The summed E-state index contributed by atoms with van der Waals surface area (Å²) >= 11 is 0. The summed E-state index contributed by atoms with van der Waals surface area (Å²) in [6.07, 6.45) is 5.30. The molecule has 1 saturated heterocycles. The summed E-state index contributed by atoms with van der Waals surface area (Å²) in [5, 5.41) is 2.98. The highest BCUT2D eigenvalue weighted by Crippen LogP contribution is 2.25. The lowest BCUT2D eigenvalue weighted by atomic mass is 9.98. The van der Waals surface area contributed by atoms with Gasteiger partial charge in [0.2, 0.25) is 5.91 Å². The highest BCUT2D eigenvalue weighted by Gasteiger charge is 2.34. The zero-order chi connectivity index (χ0) is 20.3. The molecule has 2 heterocycles. The summed E-state index contributed by atoms with van der Waals surface area (Å²) in [7, 11) is -3.70. The van der Waals surface area contributed by atoms with E-state index in [9.17, 15) is 13.2 Å². The monoisotopic (exact) mass is 404 g/mol. The highest BCUT2D eigenvalue weighted by molar-refractivity contribution is 7.89. The summed E-state index contributed by atoms with van der Waals surface area (Å²) in [4.78, 5) is 16.8. The van der Waals surface area contributed by atoms with E-state index in [2.05, 4.69) is 17.2 Å². The number of aromatic nitrogens is 2. The van der Waals surface area contributed by atoms with E-state index in [1.165, 1.54) is 10.6 Å². The second kappa shape index (κ2) is 8.45. The van der Waals surface area contributed by atoms with Crippen LogP contribution < -0.4 is 5.32 Å². The topological polar surface area (TPSA) is 84.3 Å². The van der Waals surface area contributed by atoms with Crippen LogP contribution in [0.3, 0.4) is 0 Å². The number of nitrogens with zero attached hydrogens (tertiary/aromatic N) is 3. The van der Waals surface area contributed by atoms with Crippen molar-refractivity contribution in [1.82, 2.24) is 13.9 Å². The van der Waals surface area contributed by atoms with E-state index in [1.807, 2.05) is 38.1 Å². The minimum atomic E-state index is -3.70. The van der Waals surface area contributed by atoms with Gasteiger partial charge >= 0.3 is 0 Å². The first-order chi connectivity index (χ1) is 13.3. The number of benzene rings is 1. The van der Waals surface area contributed by atoms with Gasteiger partial charge in [-0.25, -0.2) is 13.4 Å². The van der Waals surface area contributed by atoms with Gasteiger partial charge < -0.3 is 9.88 Å². The van der Waals surface area contributed by atoms with Crippen molar-refractivity contribution >= 4 is 21.6 Å². The van der Waals surface area contributed by atoms with Crippen LogP contribution in [-0.4, -0.2) is 41.3 Å². The maximum atomic E-state index is 13.0. The van der Waals surface area contributed by atoms with Crippen molar-refractivity contribution in [2.75, 3.05) is 18.4 Å². The molecule has 3 rings (SSSR count). The Labute approximate surface area is 166 Å². The molecule has 8 heteroatoms. The van der Waals surface area contributed by atoms with Gasteiger partial charge in [0.25, 0.3) is 10.0 Å². The molecule has 1 atom stereocenters. The minimum Gasteiger partial charge on any atom is -0.334 e. The van der Waals surface area contributed by atoms with Crippen LogP contribution in [0.5, 0.6) is 0 Å². The molecule has 1 fully saturated rings. The molecule has 0 saturated carbocycles. The molecule has 0 aliphatic carbocycles. The van der Waals surface area contributed by atoms with Gasteiger partial charge in [0.05, 0.1) is 12.2 Å². The number of carbonyl (C=O) groups is 1. The van der Waals surface area contributed by atoms with Gasteiger partial charge in [-0.15, -0.1) is 0 Å². The fourth-order valence-corrected chi connectivity index (χ4v) is 4.80. The molecular formula is C20H28N4O3S. The first-order valence-corrected chi connectivity index (χ1v) is 11.2. The lowest BCUT2D eigenvalue weighted by Crippen LogP contribution is -2.43. The molecule has 0 radical (unpaired) electrons. The van der Waals surface area contributed by atoms with Gasteiger partial charge in [-0.3, -0.25) is 4.79 Å². The zero-order valence-electron chi connectivity index (χ0n) is 16.6. The molecule has 7 nitrogen and oxygen atoms in total. The Balaban J connectivity index is 1.71. The average molecular weight is 405 g/mol. The number of rotatable bonds is 6. The van der Waals surface area contributed by atoms with Crippen LogP contribution in [0.2, 0.25) is 0 Å². The van der Waals surface area contributed by atoms with E-state index in [0.29, 0.717) is 19.4 Å². The molecule has 2 aromatic rings. The smallest absolute Gasteiger partial charge is 0.262 e. The SMILES string of the molecule is CCc1cccc(NC(=O)[C@H]2CCCN(S(=O)(=O)c3cn(C(C)C)cn3)C2)c1. The molecule has 1 amide bonds. The van der Waals surface area contributed by atoms with Crippen LogP contribution in [0.1, 0.15) is 45.2 Å². The van der Waals surface area contributed by atoms with Crippen molar-refractivity contribution in [3.8, 4) is 0 Å². The van der Waals surface area contributed by atoms with Gasteiger partial charge in [-0.05, 0) is 50.8 Å². The maximum absolute atomic E-state index is 13.0. The summed E-state index contributed by atoms with van der Waals surface area (Å²) < 4.78 is 29.1. The molecule has 1 aromatic heterocycles. The third-order valence-electron chi connectivity index (χ3n) is 5.14. The van der Waals surface area contributed by atoms with Crippen molar-refractivity contribution in [2.45, 2.75) is 51.1 Å². The van der Waals surface area contributed by atoms with Crippen molar-refractivity contribution in [2.24, 2.45) is 5.92 Å². The van der Waals surface area contributed by atoms with E-state index >= 15 is 0 Å². The fourth-order valence-electron chi connectivity index (χ4n) is 3.35. The van der Waals surface area contributed by atoms with E-state index in [4.69, 9.17) is 0 Å². The Bertz CT molecular complexity index is 936. The number of aryl methyl sites for hydroxylation is 1. The van der Waals surface area contributed by atoms with Gasteiger partial charge in [-0.1, -0.05) is 19.1 Å². The second-order valence-corrected chi connectivity index (χ2v) is 9.38. The van der Waals surface area contributed by atoms with Crippen molar-refractivity contribution in [3.05, 3.63) is 42.4 Å². The molecular weight excluding hydrogens is 376 g/mol. The predicted octanol–water partition coefficient (Wildman–Crippen LogP) is 3.07. The van der Waals surface area contributed by atoms with Crippen LogP contribution in [0.25, 0.3) is 0 Å².